The number of carbonyl (C=O) groups is 2. The normalized spacial score (nSPS) is 13.9. The Balaban J connectivity index is 1.41. The van der Waals surface area contributed by atoms with E-state index < -0.39 is 0 Å². The summed E-state index contributed by atoms with van der Waals surface area (Å²) in [5.74, 6) is 0.672. The minimum absolute atomic E-state index is 0.000624. The highest BCUT2D eigenvalue weighted by Gasteiger charge is 2.24. The molecular formula is C21H24N2O5. The van der Waals surface area contributed by atoms with Crippen molar-refractivity contribution in [3.63, 3.8) is 0 Å². The lowest BCUT2D eigenvalue weighted by molar-refractivity contribution is -0.141. The molecule has 2 aromatic carbocycles. The lowest BCUT2D eigenvalue weighted by Crippen LogP contribution is -2.52. The quantitative estimate of drug-likeness (QED) is 0.822. The van der Waals surface area contributed by atoms with Crippen LogP contribution in [0.15, 0.2) is 48.5 Å². The van der Waals surface area contributed by atoms with E-state index in [1.54, 1.807) is 28.0 Å². The number of phenols is 1. The van der Waals surface area contributed by atoms with Crippen LogP contribution in [0.5, 0.6) is 17.2 Å². The van der Waals surface area contributed by atoms with Gasteiger partial charge in [-0.1, -0.05) is 24.3 Å². The highest BCUT2D eigenvalue weighted by molar-refractivity contribution is 5.80. The number of aryl methyl sites for hydroxylation is 1. The summed E-state index contributed by atoms with van der Waals surface area (Å²) in [4.78, 5) is 28.0. The first-order valence-electron chi connectivity index (χ1n) is 9.19. The molecule has 1 N–H and O–H groups in total. The maximum absolute atomic E-state index is 12.3. The van der Waals surface area contributed by atoms with Gasteiger partial charge < -0.3 is 24.4 Å². The molecule has 2 aromatic rings. The van der Waals surface area contributed by atoms with Crippen molar-refractivity contribution in [2.24, 2.45) is 0 Å². The molecule has 0 aromatic heterocycles. The van der Waals surface area contributed by atoms with Crippen LogP contribution in [0.1, 0.15) is 5.56 Å². The van der Waals surface area contributed by atoms with E-state index in [0.29, 0.717) is 31.9 Å². The third kappa shape index (κ3) is 5.16. The molecule has 1 saturated heterocycles. The summed E-state index contributed by atoms with van der Waals surface area (Å²) in [5, 5.41) is 9.67. The van der Waals surface area contributed by atoms with Gasteiger partial charge in [-0.3, -0.25) is 9.59 Å². The van der Waals surface area contributed by atoms with Crippen LogP contribution in [0.4, 0.5) is 0 Å². The fraction of sp³-hybridized carbons (Fsp3) is 0.333. The third-order valence-electron chi connectivity index (χ3n) is 4.55. The van der Waals surface area contributed by atoms with Crippen LogP contribution in [0.25, 0.3) is 0 Å². The van der Waals surface area contributed by atoms with Gasteiger partial charge in [-0.25, -0.2) is 0 Å². The Kier molecular flexibility index (Phi) is 6.37. The van der Waals surface area contributed by atoms with Crippen molar-refractivity contribution in [3.8, 4) is 17.2 Å². The summed E-state index contributed by atoms with van der Waals surface area (Å²) in [7, 11) is 0. The number of carbonyl (C=O) groups excluding carboxylic acids is 2. The van der Waals surface area contributed by atoms with Gasteiger partial charge in [0.25, 0.3) is 11.8 Å². The molecule has 7 nitrogen and oxygen atoms in total. The van der Waals surface area contributed by atoms with Crippen LogP contribution in [-0.4, -0.2) is 66.1 Å². The van der Waals surface area contributed by atoms with Gasteiger partial charge in [0.05, 0.1) is 0 Å². The highest BCUT2D eigenvalue weighted by Crippen LogP contribution is 2.24. The second kappa shape index (κ2) is 9.12. The fourth-order valence-electron chi connectivity index (χ4n) is 2.96. The lowest BCUT2D eigenvalue weighted by Gasteiger charge is -2.34. The van der Waals surface area contributed by atoms with E-state index in [0.717, 1.165) is 5.56 Å². The van der Waals surface area contributed by atoms with E-state index in [1.807, 2.05) is 31.2 Å². The number of hydrogen-bond acceptors (Lipinski definition) is 5. The third-order valence-corrected chi connectivity index (χ3v) is 4.55. The van der Waals surface area contributed by atoms with E-state index in [4.69, 9.17) is 9.47 Å². The summed E-state index contributed by atoms with van der Waals surface area (Å²) >= 11 is 0. The van der Waals surface area contributed by atoms with Gasteiger partial charge in [0, 0.05) is 26.2 Å². The molecule has 0 aliphatic carbocycles. The number of nitrogens with zero attached hydrogens (tertiary/aromatic N) is 2. The maximum Gasteiger partial charge on any atom is 0.260 e. The Bertz CT molecular complexity index is 831. The van der Waals surface area contributed by atoms with Gasteiger partial charge in [0.15, 0.2) is 24.7 Å². The molecule has 0 saturated carbocycles. The molecular weight excluding hydrogens is 360 g/mol. The van der Waals surface area contributed by atoms with Crippen LogP contribution in [0, 0.1) is 6.92 Å². The lowest BCUT2D eigenvalue weighted by atomic mass is 10.2. The number of benzene rings is 2. The van der Waals surface area contributed by atoms with Crippen molar-refractivity contribution >= 4 is 11.8 Å². The van der Waals surface area contributed by atoms with E-state index in [9.17, 15) is 14.7 Å². The number of phenolic OH excluding ortho intramolecular Hbond substituents is 1. The summed E-state index contributed by atoms with van der Waals surface area (Å²) in [5.41, 5.74) is 1.07. The van der Waals surface area contributed by atoms with Gasteiger partial charge in [-0.05, 0) is 36.8 Å². The van der Waals surface area contributed by atoms with E-state index in [2.05, 4.69) is 0 Å². The van der Waals surface area contributed by atoms with Crippen LogP contribution in [-0.2, 0) is 9.59 Å². The molecule has 1 heterocycles. The van der Waals surface area contributed by atoms with Crippen LogP contribution in [0.2, 0.25) is 0 Å². The molecule has 0 unspecified atom stereocenters. The van der Waals surface area contributed by atoms with Gasteiger partial charge >= 0.3 is 0 Å². The van der Waals surface area contributed by atoms with Gasteiger partial charge in [-0.2, -0.15) is 0 Å². The molecule has 1 aliphatic rings. The molecule has 1 aliphatic heterocycles. The minimum Gasteiger partial charge on any atom is -0.504 e. The molecule has 0 bridgehead atoms. The molecule has 0 radical (unpaired) electrons. The van der Waals surface area contributed by atoms with Crippen LogP contribution in [0.3, 0.4) is 0 Å². The van der Waals surface area contributed by atoms with E-state index >= 15 is 0 Å². The van der Waals surface area contributed by atoms with Crippen LogP contribution >= 0.6 is 0 Å². The number of rotatable bonds is 6. The van der Waals surface area contributed by atoms with Crippen LogP contribution < -0.4 is 9.47 Å². The van der Waals surface area contributed by atoms with Gasteiger partial charge in [0.2, 0.25) is 0 Å². The molecule has 3 rings (SSSR count). The summed E-state index contributed by atoms with van der Waals surface area (Å²) < 4.78 is 10.9. The molecule has 1 fully saturated rings. The average Bonchev–Trinajstić information content (AvgIpc) is 2.71. The number of hydrogen-bond donors (Lipinski definition) is 1. The monoisotopic (exact) mass is 384 g/mol. The smallest absolute Gasteiger partial charge is 0.260 e. The summed E-state index contributed by atoms with van der Waals surface area (Å²) in [6.07, 6.45) is 0. The first-order valence-corrected chi connectivity index (χ1v) is 9.19. The Morgan fingerprint density at radius 3 is 2.11 bits per heavy atom. The summed E-state index contributed by atoms with van der Waals surface area (Å²) in [6.45, 7) is 3.60. The molecule has 0 spiro atoms. The predicted molar refractivity (Wildman–Crippen MR) is 103 cm³/mol. The van der Waals surface area contributed by atoms with Gasteiger partial charge in [-0.15, -0.1) is 0 Å². The Hall–Kier alpha value is -3.22. The molecule has 148 valence electrons. The Labute approximate surface area is 164 Å². The largest absolute Gasteiger partial charge is 0.504 e. The van der Waals surface area contributed by atoms with Crippen molar-refractivity contribution in [2.45, 2.75) is 6.92 Å². The maximum atomic E-state index is 12.3. The van der Waals surface area contributed by atoms with Crippen molar-refractivity contribution in [1.29, 1.82) is 0 Å². The fourth-order valence-corrected chi connectivity index (χ4v) is 2.96. The minimum atomic E-state index is -0.175. The van der Waals surface area contributed by atoms with Crippen molar-refractivity contribution in [2.75, 3.05) is 39.4 Å². The molecule has 2 amide bonds. The first kappa shape index (κ1) is 19.5. The predicted octanol–water partition coefficient (Wildman–Crippen LogP) is 1.83. The first-order chi connectivity index (χ1) is 13.5. The highest BCUT2D eigenvalue weighted by atomic mass is 16.5. The van der Waals surface area contributed by atoms with E-state index in [1.165, 1.54) is 6.07 Å². The number of piperazine rings is 1. The number of para-hydroxylation sites is 2. The van der Waals surface area contributed by atoms with E-state index in [-0.39, 0.29) is 36.5 Å². The Morgan fingerprint density at radius 2 is 1.50 bits per heavy atom. The van der Waals surface area contributed by atoms with Crippen molar-refractivity contribution < 1.29 is 24.2 Å². The molecule has 7 heteroatoms. The number of ether oxygens (including phenoxy) is 2. The zero-order valence-electron chi connectivity index (χ0n) is 15.8. The Morgan fingerprint density at radius 1 is 0.893 bits per heavy atom. The average molecular weight is 384 g/mol. The molecule has 0 atom stereocenters. The van der Waals surface area contributed by atoms with Gasteiger partial charge in [0.1, 0.15) is 5.75 Å². The van der Waals surface area contributed by atoms with Crippen molar-refractivity contribution in [3.05, 3.63) is 54.1 Å². The van der Waals surface area contributed by atoms with Crippen molar-refractivity contribution in [1.82, 2.24) is 9.80 Å². The second-order valence-electron chi connectivity index (χ2n) is 6.62. The SMILES string of the molecule is Cc1cccc(OCC(=O)N2CCN(C(=O)COc3ccccc3O)CC2)c1. The number of aromatic hydroxyl groups is 1. The standard InChI is InChI=1S/C21H24N2O5/c1-16-5-4-6-17(13-16)27-14-20(25)22-9-11-23(12-10-22)21(26)15-28-19-8-3-2-7-18(19)24/h2-8,13,24H,9-12,14-15H2,1H3. The zero-order chi connectivity index (χ0) is 19.9. The summed E-state index contributed by atoms with van der Waals surface area (Å²) in [6, 6.07) is 14.1. The second-order valence-corrected chi connectivity index (χ2v) is 6.62. The topological polar surface area (TPSA) is 79.3 Å². The molecule has 28 heavy (non-hydrogen) atoms. The zero-order valence-corrected chi connectivity index (χ0v) is 15.8. The number of amides is 2.